The number of benzene rings is 2. The summed E-state index contributed by atoms with van der Waals surface area (Å²) in [4.78, 5) is 0. The summed E-state index contributed by atoms with van der Waals surface area (Å²) in [5.74, 6) is 0. The van der Waals surface area contributed by atoms with E-state index in [2.05, 4.69) is 5.43 Å². The van der Waals surface area contributed by atoms with Gasteiger partial charge in [-0.1, -0.05) is 0 Å². The van der Waals surface area contributed by atoms with Gasteiger partial charge in [0.25, 0.3) is 0 Å². The molecule has 0 saturated heterocycles. The van der Waals surface area contributed by atoms with Crippen LogP contribution in [0.3, 0.4) is 0 Å². The van der Waals surface area contributed by atoms with Gasteiger partial charge in [-0.15, -0.1) is 0 Å². The molecule has 0 aromatic heterocycles. The van der Waals surface area contributed by atoms with Crippen molar-refractivity contribution in [1.82, 2.24) is 0 Å². The van der Waals surface area contributed by atoms with Gasteiger partial charge >= 0.3 is 6.18 Å². The first-order valence-corrected chi connectivity index (χ1v) is 5.58. The Labute approximate surface area is 108 Å². The van der Waals surface area contributed by atoms with Crippen molar-refractivity contribution >= 4 is 17.1 Å². The summed E-state index contributed by atoms with van der Waals surface area (Å²) in [7, 11) is 0. The highest BCUT2D eigenvalue weighted by molar-refractivity contribution is 5.46. The third kappa shape index (κ3) is 3.62. The maximum Gasteiger partial charge on any atom is 0.416 e. The zero-order chi connectivity index (χ0) is 13.9. The van der Waals surface area contributed by atoms with Gasteiger partial charge in [0.05, 0.1) is 11.3 Å². The van der Waals surface area contributed by atoms with Gasteiger partial charge in [0.1, 0.15) is 0 Å². The van der Waals surface area contributed by atoms with Crippen LogP contribution in [0.5, 0.6) is 0 Å². The zero-order valence-corrected chi connectivity index (χ0v) is 9.91. The lowest BCUT2D eigenvalue weighted by Gasteiger charge is -2.08. The highest BCUT2D eigenvalue weighted by Crippen LogP contribution is 2.29. The van der Waals surface area contributed by atoms with Gasteiger partial charge in [0.2, 0.25) is 0 Å². The lowest BCUT2D eigenvalue weighted by Crippen LogP contribution is -2.82. The van der Waals surface area contributed by atoms with E-state index >= 15 is 0 Å². The molecule has 2 rings (SSSR count). The third-order valence-electron chi connectivity index (χ3n) is 2.55. The predicted molar refractivity (Wildman–Crippen MR) is 67.5 cm³/mol. The van der Waals surface area contributed by atoms with Gasteiger partial charge in [-0.05, 0) is 36.4 Å². The van der Waals surface area contributed by atoms with Crippen LogP contribution in [0.15, 0.2) is 48.5 Å². The number of rotatable bonds is 3. The van der Waals surface area contributed by atoms with Crippen molar-refractivity contribution in [3.05, 3.63) is 54.1 Å². The predicted octanol–water partition coefficient (Wildman–Crippen LogP) is 2.51. The van der Waals surface area contributed by atoms with Crippen LogP contribution in [-0.4, -0.2) is 0 Å². The number of halogens is 3. The molecule has 5 N–H and O–H groups in total. The van der Waals surface area contributed by atoms with Gasteiger partial charge < -0.3 is 5.73 Å². The minimum Gasteiger partial charge on any atom is -0.399 e. The molecule has 2 aromatic carbocycles. The normalized spacial score (nSPS) is 11.3. The Bertz CT molecular complexity index is 533. The first-order chi connectivity index (χ1) is 8.95. The van der Waals surface area contributed by atoms with Crippen LogP contribution in [0.2, 0.25) is 0 Å². The third-order valence-corrected chi connectivity index (χ3v) is 2.55. The minimum atomic E-state index is -4.31. The van der Waals surface area contributed by atoms with E-state index in [9.17, 15) is 13.2 Å². The number of nitrogens with two attached hydrogens (primary N) is 2. The highest BCUT2D eigenvalue weighted by Gasteiger charge is 2.29. The molecule has 0 amide bonds. The summed E-state index contributed by atoms with van der Waals surface area (Å²) in [6, 6.07) is 12.0. The molecule has 2 aromatic rings. The summed E-state index contributed by atoms with van der Waals surface area (Å²) < 4.78 is 37.1. The molecule has 0 aliphatic carbocycles. The molecule has 0 atom stereocenters. The number of anilines is 2. The Morgan fingerprint density at radius 1 is 0.895 bits per heavy atom. The molecular weight excluding hydrogens is 255 g/mol. The van der Waals surface area contributed by atoms with Gasteiger partial charge in [-0.2, -0.15) is 13.2 Å². The van der Waals surface area contributed by atoms with Crippen LogP contribution in [0.4, 0.5) is 30.2 Å². The standard InChI is InChI=1S/C13H12F3N3/c14-13(15,16)9-1-5-11(6-2-9)18-19-12-7-3-10(17)4-8-12/h1-8,18-19H,17H2/p+1. The zero-order valence-electron chi connectivity index (χ0n) is 9.91. The molecular formula is C13H13F3N3+. The SMILES string of the molecule is Nc1ccc([NH2+]Nc2ccc(C(F)(F)F)cc2)cc1. The number of alkyl halides is 3. The van der Waals surface area contributed by atoms with Crippen molar-refractivity contribution in [2.24, 2.45) is 0 Å². The van der Waals surface area contributed by atoms with E-state index in [4.69, 9.17) is 5.73 Å². The molecule has 0 fully saturated rings. The van der Waals surface area contributed by atoms with E-state index < -0.39 is 11.7 Å². The Kier molecular flexibility index (Phi) is 3.62. The average Bonchev–Trinajstić information content (AvgIpc) is 2.37. The summed E-state index contributed by atoms with van der Waals surface area (Å²) in [5.41, 5.74) is 11.6. The summed E-state index contributed by atoms with van der Waals surface area (Å²) in [6.07, 6.45) is -4.31. The van der Waals surface area contributed by atoms with Crippen molar-refractivity contribution in [3.63, 3.8) is 0 Å². The molecule has 0 heterocycles. The van der Waals surface area contributed by atoms with E-state index in [0.29, 0.717) is 11.4 Å². The van der Waals surface area contributed by atoms with E-state index in [1.54, 1.807) is 17.6 Å². The van der Waals surface area contributed by atoms with Crippen molar-refractivity contribution in [2.75, 3.05) is 11.2 Å². The van der Waals surface area contributed by atoms with Gasteiger partial charge in [0.15, 0.2) is 5.69 Å². The lowest BCUT2D eigenvalue weighted by molar-refractivity contribution is -0.538. The van der Waals surface area contributed by atoms with E-state index in [-0.39, 0.29) is 0 Å². The molecule has 0 aliphatic rings. The summed E-state index contributed by atoms with van der Waals surface area (Å²) in [5, 5.41) is 0. The highest BCUT2D eigenvalue weighted by atomic mass is 19.4. The maximum atomic E-state index is 12.4. The fourth-order valence-corrected chi connectivity index (χ4v) is 1.51. The molecule has 3 nitrogen and oxygen atoms in total. The van der Waals surface area contributed by atoms with Crippen LogP contribution >= 0.6 is 0 Å². The van der Waals surface area contributed by atoms with E-state index in [0.717, 1.165) is 17.8 Å². The largest absolute Gasteiger partial charge is 0.416 e. The second-order valence-corrected chi connectivity index (χ2v) is 4.03. The van der Waals surface area contributed by atoms with Crippen LogP contribution in [-0.2, 0) is 6.18 Å². The fourth-order valence-electron chi connectivity index (χ4n) is 1.51. The molecule has 0 aliphatic heterocycles. The second kappa shape index (κ2) is 5.19. The average molecular weight is 268 g/mol. The molecule has 0 radical (unpaired) electrons. The smallest absolute Gasteiger partial charge is 0.399 e. The maximum absolute atomic E-state index is 12.4. The Morgan fingerprint density at radius 2 is 1.47 bits per heavy atom. The molecule has 19 heavy (non-hydrogen) atoms. The quantitative estimate of drug-likeness (QED) is 0.455. The van der Waals surface area contributed by atoms with Crippen molar-refractivity contribution in [3.8, 4) is 0 Å². The number of nitrogen functional groups attached to an aromatic ring is 2. The monoisotopic (exact) mass is 268 g/mol. The van der Waals surface area contributed by atoms with Gasteiger partial charge in [-0.25, -0.2) is 10.9 Å². The van der Waals surface area contributed by atoms with Crippen molar-refractivity contribution < 1.29 is 18.6 Å². The van der Waals surface area contributed by atoms with Gasteiger partial charge in [0, 0.05) is 17.8 Å². The molecule has 0 spiro atoms. The van der Waals surface area contributed by atoms with Crippen molar-refractivity contribution in [1.29, 1.82) is 0 Å². The molecule has 0 saturated carbocycles. The molecule has 0 unspecified atom stereocenters. The summed E-state index contributed by atoms with van der Waals surface area (Å²) >= 11 is 0. The Morgan fingerprint density at radius 3 is 2.00 bits per heavy atom. The molecule has 0 bridgehead atoms. The first kappa shape index (κ1) is 13.2. The van der Waals surface area contributed by atoms with Crippen molar-refractivity contribution in [2.45, 2.75) is 6.18 Å². The number of hydrogen-bond acceptors (Lipinski definition) is 2. The minimum absolute atomic E-state index is 0.588. The summed E-state index contributed by atoms with van der Waals surface area (Å²) in [6.45, 7) is 0. The molecule has 6 heteroatoms. The van der Waals surface area contributed by atoms with Crippen LogP contribution in [0.1, 0.15) is 5.56 Å². The van der Waals surface area contributed by atoms with E-state index in [1.807, 2.05) is 12.1 Å². The van der Waals surface area contributed by atoms with Crippen LogP contribution < -0.4 is 16.6 Å². The second-order valence-electron chi connectivity index (χ2n) is 4.03. The first-order valence-electron chi connectivity index (χ1n) is 5.58. The van der Waals surface area contributed by atoms with Crippen LogP contribution in [0.25, 0.3) is 0 Å². The number of quaternary nitrogens is 1. The van der Waals surface area contributed by atoms with Gasteiger partial charge in [-0.3, -0.25) is 0 Å². The topological polar surface area (TPSA) is 54.7 Å². The Balaban J connectivity index is 1.98. The van der Waals surface area contributed by atoms with Crippen LogP contribution in [0, 0.1) is 0 Å². The fraction of sp³-hybridized carbons (Fsp3) is 0.0769. The molecule has 100 valence electrons. The lowest BCUT2D eigenvalue weighted by atomic mass is 10.2. The van der Waals surface area contributed by atoms with E-state index in [1.165, 1.54) is 12.1 Å². The Hall–Kier alpha value is -2.21. The number of nitrogens with one attached hydrogen (secondary N) is 1. The number of hydrogen-bond donors (Lipinski definition) is 3.